The Kier molecular flexibility index (Phi) is 6.46. The summed E-state index contributed by atoms with van der Waals surface area (Å²) in [5, 5.41) is 5.05. The van der Waals surface area contributed by atoms with Gasteiger partial charge >= 0.3 is 0 Å². The highest BCUT2D eigenvalue weighted by molar-refractivity contribution is 7.89. The van der Waals surface area contributed by atoms with Crippen molar-refractivity contribution < 1.29 is 13.2 Å². The van der Waals surface area contributed by atoms with Gasteiger partial charge in [0.15, 0.2) is 0 Å². The van der Waals surface area contributed by atoms with Gasteiger partial charge < -0.3 is 10.2 Å². The van der Waals surface area contributed by atoms with E-state index in [1.54, 1.807) is 18.2 Å². The average Bonchev–Trinajstić information content (AvgIpc) is 2.68. The lowest BCUT2D eigenvalue weighted by atomic mass is 9.96. The minimum Gasteiger partial charge on any atom is -0.343 e. The zero-order valence-electron chi connectivity index (χ0n) is 15.6. The first-order valence-electron chi connectivity index (χ1n) is 9.40. The van der Waals surface area contributed by atoms with Crippen molar-refractivity contribution in [1.29, 1.82) is 0 Å². The Balaban J connectivity index is 1.52. The normalized spacial score (nSPS) is 16.0. The van der Waals surface area contributed by atoms with Crippen LogP contribution in [0.1, 0.15) is 19.3 Å². The van der Waals surface area contributed by atoms with Gasteiger partial charge in [0.25, 0.3) is 0 Å². The van der Waals surface area contributed by atoms with E-state index in [1.165, 1.54) is 0 Å². The molecule has 0 bridgehead atoms. The van der Waals surface area contributed by atoms with E-state index in [9.17, 15) is 13.2 Å². The molecule has 0 aliphatic carbocycles. The number of rotatable bonds is 7. The second-order valence-corrected chi connectivity index (χ2v) is 8.81. The quantitative estimate of drug-likeness (QED) is 0.759. The van der Waals surface area contributed by atoms with Gasteiger partial charge in [-0.05, 0) is 55.3 Å². The van der Waals surface area contributed by atoms with Crippen LogP contribution in [0.5, 0.6) is 0 Å². The highest BCUT2D eigenvalue weighted by Gasteiger charge is 2.22. The van der Waals surface area contributed by atoms with E-state index in [0.717, 1.165) is 43.2 Å². The Labute approximate surface area is 161 Å². The van der Waals surface area contributed by atoms with Crippen LogP contribution in [0.4, 0.5) is 0 Å². The van der Waals surface area contributed by atoms with Crippen LogP contribution in [0, 0.1) is 5.92 Å². The SMILES string of the molecule is CNCC1CCN(C(=O)CCNS(=O)(=O)c2ccc3ccccc3c2)CC1. The fraction of sp³-hybridized carbons (Fsp3) is 0.450. The Hall–Kier alpha value is -1.96. The van der Waals surface area contributed by atoms with Crippen LogP contribution in [-0.2, 0) is 14.8 Å². The Morgan fingerprint density at radius 3 is 2.52 bits per heavy atom. The second-order valence-electron chi connectivity index (χ2n) is 7.04. The number of benzene rings is 2. The van der Waals surface area contributed by atoms with E-state index in [1.807, 2.05) is 36.2 Å². The number of sulfonamides is 1. The molecule has 1 saturated heterocycles. The summed E-state index contributed by atoms with van der Waals surface area (Å²) in [6.07, 6.45) is 2.17. The monoisotopic (exact) mass is 389 g/mol. The summed E-state index contributed by atoms with van der Waals surface area (Å²) >= 11 is 0. The van der Waals surface area contributed by atoms with Gasteiger partial charge in [-0.25, -0.2) is 13.1 Å². The molecule has 1 fully saturated rings. The van der Waals surface area contributed by atoms with Crippen molar-refractivity contribution in [1.82, 2.24) is 14.9 Å². The predicted octanol–water partition coefficient (Wildman–Crippen LogP) is 1.97. The largest absolute Gasteiger partial charge is 0.343 e. The molecule has 0 radical (unpaired) electrons. The van der Waals surface area contributed by atoms with Crippen LogP contribution in [0.2, 0.25) is 0 Å². The predicted molar refractivity (Wildman–Crippen MR) is 107 cm³/mol. The third-order valence-electron chi connectivity index (χ3n) is 5.12. The first kappa shape index (κ1) is 19.8. The Morgan fingerprint density at radius 2 is 1.81 bits per heavy atom. The lowest BCUT2D eigenvalue weighted by molar-refractivity contribution is -0.132. The number of amides is 1. The van der Waals surface area contributed by atoms with Crippen molar-refractivity contribution in [3.63, 3.8) is 0 Å². The van der Waals surface area contributed by atoms with Crippen molar-refractivity contribution in [3.8, 4) is 0 Å². The van der Waals surface area contributed by atoms with Gasteiger partial charge in [-0.2, -0.15) is 0 Å². The number of hydrogen-bond donors (Lipinski definition) is 2. The van der Waals surface area contributed by atoms with Crippen molar-refractivity contribution in [2.45, 2.75) is 24.2 Å². The number of carbonyl (C=O) groups is 1. The van der Waals surface area contributed by atoms with Gasteiger partial charge in [0.2, 0.25) is 15.9 Å². The number of likely N-dealkylation sites (tertiary alicyclic amines) is 1. The molecule has 2 N–H and O–H groups in total. The van der Waals surface area contributed by atoms with Crippen molar-refractivity contribution in [2.24, 2.45) is 5.92 Å². The topological polar surface area (TPSA) is 78.5 Å². The van der Waals surface area contributed by atoms with Crippen molar-refractivity contribution >= 4 is 26.7 Å². The lowest BCUT2D eigenvalue weighted by Crippen LogP contribution is -2.41. The molecule has 6 nitrogen and oxygen atoms in total. The van der Waals surface area contributed by atoms with Crippen LogP contribution >= 0.6 is 0 Å². The van der Waals surface area contributed by atoms with E-state index in [0.29, 0.717) is 5.92 Å². The number of fused-ring (bicyclic) bond motifs is 1. The molecule has 2 aromatic rings. The molecule has 1 heterocycles. The average molecular weight is 390 g/mol. The minimum atomic E-state index is -3.62. The number of hydrogen-bond acceptors (Lipinski definition) is 4. The third-order valence-corrected chi connectivity index (χ3v) is 6.58. The molecule has 1 aliphatic rings. The van der Waals surface area contributed by atoms with Gasteiger partial charge in [0.05, 0.1) is 4.90 Å². The van der Waals surface area contributed by atoms with Crippen LogP contribution in [-0.4, -0.2) is 52.5 Å². The van der Waals surface area contributed by atoms with E-state index in [-0.39, 0.29) is 23.8 Å². The fourth-order valence-corrected chi connectivity index (χ4v) is 4.61. The molecule has 3 rings (SSSR count). The van der Waals surface area contributed by atoms with Crippen LogP contribution in [0.3, 0.4) is 0 Å². The highest BCUT2D eigenvalue weighted by atomic mass is 32.2. The molecule has 27 heavy (non-hydrogen) atoms. The van der Waals surface area contributed by atoms with E-state index >= 15 is 0 Å². The Bertz CT molecular complexity index is 890. The molecule has 0 aromatic heterocycles. The molecular weight excluding hydrogens is 362 g/mol. The zero-order valence-corrected chi connectivity index (χ0v) is 16.5. The maximum atomic E-state index is 12.5. The summed E-state index contributed by atoms with van der Waals surface area (Å²) in [6, 6.07) is 12.7. The smallest absolute Gasteiger partial charge is 0.240 e. The summed E-state index contributed by atoms with van der Waals surface area (Å²) in [4.78, 5) is 14.4. The molecule has 0 unspecified atom stereocenters. The fourth-order valence-electron chi connectivity index (χ4n) is 3.54. The zero-order chi connectivity index (χ0) is 19.3. The van der Waals surface area contributed by atoms with Gasteiger partial charge in [-0.1, -0.05) is 30.3 Å². The summed E-state index contributed by atoms with van der Waals surface area (Å²) in [5.41, 5.74) is 0. The maximum Gasteiger partial charge on any atom is 0.240 e. The molecule has 1 aliphatic heterocycles. The lowest BCUT2D eigenvalue weighted by Gasteiger charge is -2.32. The second kappa shape index (κ2) is 8.82. The van der Waals surface area contributed by atoms with Crippen molar-refractivity contribution in [2.75, 3.05) is 33.2 Å². The van der Waals surface area contributed by atoms with Gasteiger partial charge in [-0.15, -0.1) is 0 Å². The van der Waals surface area contributed by atoms with Gasteiger partial charge in [0, 0.05) is 26.1 Å². The van der Waals surface area contributed by atoms with Crippen LogP contribution in [0.25, 0.3) is 10.8 Å². The highest BCUT2D eigenvalue weighted by Crippen LogP contribution is 2.19. The molecule has 7 heteroatoms. The summed E-state index contributed by atoms with van der Waals surface area (Å²) in [5.74, 6) is 0.629. The first-order valence-corrected chi connectivity index (χ1v) is 10.9. The summed E-state index contributed by atoms with van der Waals surface area (Å²) < 4.78 is 27.6. The summed E-state index contributed by atoms with van der Waals surface area (Å²) in [6.45, 7) is 2.60. The number of nitrogens with one attached hydrogen (secondary N) is 2. The minimum absolute atomic E-state index is 0.0131. The van der Waals surface area contributed by atoms with Crippen molar-refractivity contribution in [3.05, 3.63) is 42.5 Å². The molecular formula is C20H27N3O3S. The number of nitrogens with zero attached hydrogens (tertiary/aromatic N) is 1. The number of piperidine rings is 1. The van der Waals surface area contributed by atoms with Gasteiger partial charge in [-0.3, -0.25) is 4.79 Å². The maximum absolute atomic E-state index is 12.5. The summed E-state index contributed by atoms with van der Waals surface area (Å²) in [7, 11) is -1.68. The van der Waals surface area contributed by atoms with E-state index < -0.39 is 10.0 Å². The van der Waals surface area contributed by atoms with E-state index in [2.05, 4.69) is 10.0 Å². The molecule has 0 saturated carbocycles. The van der Waals surface area contributed by atoms with Gasteiger partial charge in [0.1, 0.15) is 0 Å². The molecule has 0 spiro atoms. The third kappa shape index (κ3) is 5.06. The molecule has 1 amide bonds. The van der Waals surface area contributed by atoms with Crippen LogP contribution < -0.4 is 10.0 Å². The standard InChI is InChI=1S/C20H27N3O3S/c1-21-15-16-9-12-23(13-10-16)20(24)8-11-22-27(25,26)19-7-6-17-4-2-3-5-18(17)14-19/h2-7,14,16,21-22H,8-13,15H2,1H3. The molecule has 2 aromatic carbocycles. The molecule has 146 valence electrons. The van der Waals surface area contributed by atoms with E-state index in [4.69, 9.17) is 0 Å². The Morgan fingerprint density at radius 1 is 1.11 bits per heavy atom. The first-order chi connectivity index (χ1) is 13.0. The number of carbonyl (C=O) groups excluding carboxylic acids is 1. The van der Waals surface area contributed by atoms with Crippen LogP contribution in [0.15, 0.2) is 47.4 Å². The molecule has 0 atom stereocenters.